The van der Waals surface area contributed by atoms with E-state index in [0.29, 0.717) is 17.1 Å². The Balaban J connectivity index is 1.39. The van der Waals surface area contributed by atoms with Crippen LogP contribution in [-0.4, -0.2) is 21.1 Å². The van der Waals surface area contributed by atoms with Crippen LogP contribution in [0.4, 0.5) is 0 Å². The smallest absolute Gasteiger partial charge is 0.216 e. The molecule has 0 saturated carbocycles. The standard InChI is InChI=1S/C17H16N4O2S/c24-17-20-18-11-21(17)19-9-15-6-7-16(23-15)10-22-14-5-4-12-2-1-3-13(12)8-14/h4-9,11H,1-3,10H2,(H,20,24)/b19-9+. The van der Waals surface area contributed by atoms with Crippen molar-refractivity contribution in [2.75, 3.05) is 0 Å². The molecular formula is C17H16N4O2S. The molecule has 1 N–H and O–H groups in total. The van der Waals surface area contributed by atoms with Crippen LogP contribution in [0.25, 0.3) is 0 Å². The van der Waals surface area contributed by atoms with E-state index in [1.54, 1.807) is 6.21 Å². The molecule has 0 atom stereocenters. The number of aryl methyl sites for hydroxylation is 2. The lowest BCUT2D eigenvalue weighted by Crippen LogP contribution is -1.95. The molecule has 1 aliphatic carbocycles. The first-order valence-electron chi connectivity index (χ1n) is 7.78. The Kier molecular flexibility index (Phi) is 4.00. The summed E-state index contributed by atoms with van der Waals surface area (Å²) in [7, 11) is 0. The van der Waals surface area contributed by atoms with Gasteiger partial charge in [-0.15, -0.1) is 0 Å². The summed E-state index contributed by atoms with van der Waals surface area (Å²) in [5.74, 6) is 2.25. The molecule has 0 unspecified atom stereocenters. The lowest BCUT2D eigenvalue weighted by molar-refractivity contribution is 0.269. The number of fused-ring (bicyclic) bond motifs is 1. The number of nitrogens with zero attached hydrogens (tertiary/aromatic N) is 3. The van der Waals surface area contributed by atoms with Crippen LogP contribution in [0.3, 0.4) is 0 Å². The van der Waals surface area contributed by atoms with Gasteiger partial charge in [-0.2, -0.15) is 14.9 Å². The fourth-order valence-corrected chi connectivity index (χ4v) is 2.92. The fraction of sp³-hybridized carbons (Fsp3) is 0.235. The maximum absolute atomic E-state index is 5.83. The first kappa shape index (κ1) is 14.9. The molecule has 0 saturated heterocycles. The molecule has 7 heteroatoms. The molecule has 6 nitrogen and oxygen atoms in total. The maximum Gasteiger partial charge on any atom is 0.216 e. The van der Waals surface area contributed by atoms with E-state index in [0.717, 1.165) is 17.9 Å². The maximum atomic E-state index is 5.83. The molecule has 0 radical (unpaired) electrons. The fourth-order valence-electron chi connectivity index (χ4n) is 2.78. The van der Waals surface area contributed by atoms with E-state index in [1.807, 2.05) is 18.2 Å². The Morgan fingerprint density at radius 3 is 3.08 bits per heavy atom. The molecule has 1 aliphatic rings. The highest BCUT2D eigenvalue weighted by molar-refractivity contribution is 7.71. The molecule has 1 aromatic carbocycles. The number of aromatic nitrogens is 3. The molecule has 0 spiro atoms. The van der Waals surface area contributed by atoms with Gasteiger partial charge in [0.1, 0.15) is 30.2 Å². The number of rotatable bonds is 5. The molecule has 4 rings (SSSR count). The molecule has 0 aliphatic heterocycles. The number of ether oxygens (including phenoxy) is 1. The number of nitrogens with one attached hydrogen (secondary N) is 1. The minimum atomic E-state index is 0.387. The van der Waals surface area contributed by atoms with E-state index >= 15 is 0 Å². The van der Waals surface area contributed by atoms with Crippen molar-refractivity contribution in [3.05, 3.63) is 64.1 Å². The van der Waals surface area contributed by atoms with Crippen molar-refractivity contribution in [2.45, 2.75) is 25.9 Å². The monoisotopic (exact) mass is 340 g/mol. The molecular weight excluding hydrogens is 324 g/mol. The predicted molar refractivity (Wildman–Crippen MR) is 91.9 cm³/mol. The average molecular weight is 340 g/mol. The van der Waals surface area contributed by atoms with Gasteiger partial charge in [-0.05, 0) is 66.9 Å². The summed E-state index contributed by atoms with van der Waals surface area (Å²) in [6, 6.07) is 10.0. The largest absolute Gasteiger partial charge is 0.486 e. The molecule has 0 bridgehead atoms. The summed E-state index contributed by atoms with van der Waals surface area (Å²) in [5, 5.41) is 10.6. The van der Waals surface area contributed by atoms with Gasteiger partial charge in [-0.25, -0.2) is 0 Å². The van der Waals surface area contributed by atoms with E-state index in [9.17, 15) is 0 Å². The van der Waals surface area contributed by atoms with Crippen LogP contribution < -0.4 is 4.74 Å². The normalized spacial score (nSPS) is 13.5. The lowest BCUT2D eigenvalue weighted by Gasteiger charge is -2.06. The molecule has 3 aromatic rings. The van der Waals surface area contributed by atoms with Crippen molar-refractivity contribution in [3.8, 4) is 5.75 Å². The van der Waals surface area contributed by atoms with Crippen LogP contribution in [0.2, 0.25) is 0 Å². The predicted octanol–water partition coefficient (Wildman–Crippen LogP) is 3.48. The lowest BCUT2D eigenvalue weighted by atomic mass is 10.1. The van der Waals surface area contributed by atoms with Gasteiger partial charge < -0.3 is 9.15 Å². The van der Waals surface area contributed by atoms with Crippen molar-refractivity contribution in [1.29, 1.82) is 0 Å². The second-order valence-corrected chi connectivity index (χ2v) is 6.01. The Bertz CT molecular complexity index is 938. The highest BCUT2D eigenvalue weighted by atomic mass is 32.1. The second-order valence-electron chi connectivity index (χ2n) is 5.63. The van der Waals surface area contributed by atoms with Gasteiger partial charge in [0.15, 0.2) is 0 Å². The van der Waals surface area contributed by atoms with Crippen LogP contribution in [0.5, 0.6) is 5.75 Å². The van der Waals surface area contributed by atoms with Crippen LogP contribution in [0.1, 0.15) is 29.1 Å². The Hall–Kier alpha value is -2.67. The van der Waals surface area contributed by atoms with Gasteiger partial charge in [0.25, 0.3) is 0 Å². The first-order chi connectivity index (χ1) is 11.8. The third-order valence-electron chi connectivity index (χ3n) is 3.98. The van der Waals surface area contributed by atoms with Gasteiger partial charge in [0, 0.05) is 0 Å². The van der Waals surface area contributed by atoms with E-state index in [-0.39, 0.29) is 0 Å². The summed E-state index contributed by atoms with van der Waals surface area (Å²) in [6.07, 6.45) is 6.64. The van der Waals surface area contributed by atoms with E-state index in [4.69, 9.17) is 21.4 Å². The molecule has 0 amide bonds. The van der Waals surface area contributed by atoms with Crippen LogP contribution in [0.15, 0.2) is 46.2 Å². The third kappa shape index (κ3) is 3.16. The van der Waals surface area contributed by atoms with Crippen LogP contribution >= 0.6 is 12.2 Å². The number of hydrogen-bond donors (Lipinski definition) is 1. The highest BCUT2D eigenvalue weighted by Gasteiger charge is 2.11. The highest BCUT2D eigenvalue weighted by Crippen LogP contribution is 2.26. The molecule has 24 heavy (non-hydrogen) atoms. The summed E-state index contributed by atoms with van der Waals surface area (Å²) in [6.45, 7) is 0.387. The van der Waals surface area contributed by atoms with Crippen LogP contribution in [0, 0.1) is 4.77 Å². The second kappa shape index (κ2) is 6.45. The summed E-state index contributed by atoms with van der Waals surface area (Å²) < 4.78 is 13.4. The SMILES string of the molecule is S=c1[nH]ncn1/N=C/c1ccc(COc2ccc3c(c2)CCC3)o1. The summed E-state index contributed by atoms with van der Waals surface area (Å²) in [4.78, 5) is 0. The topological polar surface area (TPSA) is 68.3 Å². The van der Waals surface area contributed by atoms with Gasteiger partial charge in [0.05, 0.1) is 6.21 Å². The van der Waals surface area contributed by atoms with Crippen LogP contribution in [-0.2, 0) is 19.4 Å². The van der Waals surface area contributed by atoms with Gasteiger partial charge >= 0.3 is 0 Å². The Morgan fingerprint density at radius 2 is 2.21 bits per heavy atom. The minimum absolute atomic E-state index is 0.387. The molecule has 2 aromatic heterocycles. The molecule has 122 valence electrons. The van der Waals surface area contributed by atoms with E-state index in [2.05, 4.69) is 27.4 Å². The number of H-pyrrole nitrogens is 1. The third-order valence-corrected chi connectivity index (χ3v) is 4.26. The van der Waals surface area contributed by atoms with Crippen molar-refractivity contribution in [3.63, 3.8) is 0 Å². The summed E-state index contributed by atoms with van der Waals surface area (Å²) in [5.41, 5.74) is 2.84. The average Bonchev–Trinajstić information content (AvgIpc) is 3.31. The van der Waals surface area contributed by atoms with Gasteiger partial charge in [0.2, 0.25) is 4.77 Å². The van der Waals surface area contributed by atoms with Crippen molar-refractivity contribution in [1.82, 2.24) is 14.9 Å². The van der Waals surface area contributed by atoms with E-state index < -0.39 is 0 Å². The molecule has 2 heterocycles. The van der Waals surface area contributed by atoms with E-state index in [1.165, 1.54) is 35.0 Å². The zero-order valence-corrected chi connectivity index (χ0v) is 13.8. The van der Waals surface area contributed by atoms with Gasteiger partial charge in [-0.3, -0.25) is 5.10 Å². The minimum Gasteiger partial charge on any atom is -0.486 e. The van der Waals surface area contributed by atoms with Crippen molar-refractivity contribution in [2.24, 2.45) is 5.10 Å². The number of furan rings is 1. The number of aromatic amines is 1. The zero-order chi connectivity index (χ0) is 16.4. The Labute approximate surface area is 143 Å². The quantitative estimate of drug-likeness (QED) is 0.570. The number of hydrogen-bond acceptors (Lipinski definition) is 5. The van der Waals surface area contributed by atoms with Crippen molar-refractivity contribution >= 4 is 18.4 Å². The zero-order valence-electron chi connectivity index (χ0n) is 12.9. The van der Waals surface area contributed by atoms with Crippen molar-refractivity contribution < 1.29 is 9.15 Å². The number of benzene rings is 1. The molecule has 0 fully saturated rings. The Morgan fingerprint density at radius 1 is 1.29 bits per heavy atom. The first-order valence-corrected chi connectivity index (χ1v) is 8.18. The summed E-state index contributed by atoms with van der Waals surface area (Å²) >= 11 is 5.02. The van der Waals surface area contributed by atoms with Gasteiger partial charge in [-0.1, -0.05) is 6.07 Å².